The van der Waals surface area contributed by atoms with Crippen molar-refractivity contribution in [1.29, 1.82) is 0 Å². The zero-order valence-corrected chi connectivity index (χ0v) is 19.2. The minimum Gasteiger partial charge on any atom is -0.497 e. The number of hydrogen-bond acceptors (Lipinski definition) is 3. The second-order valence-electron chi connectivity index (χ2n) is 6.15. The number of guanidine groups is 1. The highest BCUT2D eigenvalue weighted by Crippen LogP contribution is 2.19. The highest BCUT2D eigenvalue weighted by Gasteiger charge is 2.15. The van der Waals surface area contributed by atoms with E-state index in [9.17, 15) is 18.0 Å². The standard InChI is InChI=1S/C20H23F3N4O2.HI/c1-4-24-20(27(2)12-13-5-7-14(29-3)8-6-13)25-11-17(28)26-16-10-9-15(21)18(22)19(16)23;/h5-10H,4,11-12H2,1-3H3,(H,24,25)(H,26,28);1H. The van der Waals surface area contributed by atoms with Crippen molar-refractivity contribution in [3.8, 4) is 5.75 Å². The fourth-order valence-electron chi connectivity index (χ4n) is 2.51. The lowest BCUT2D eigenvalue weighted by Gasteiger charge is -2.22. The molecule has 2 rings (SSSR count). The zero-order chi connectivity index (χ0) is 21.4. The lowest BCUT2D eigenvalue weighted by Crippen LogP contribution is -2.39. The Balaban J connectivity index is 0.00000450. The maximum atomic E-state index is 13.7. The second kappa shape index (κ2) is 12.3. The topological polar surface area (TPSA) is 66.0 Å². The van der Waals surface area contributed by atoms with Crippen LogP contribution < -0.4 is 15.4 Å². The van der Waals surface area contributed by atoms with Crippen molar-refractivity contribution >= 4 is 41.5 Å². The van der Waals surface area contributed by atoms with Crippen molar-refractivity contribution in [2.24, 2.45) is 4.99 Å². The van der Waals surface area contributed by atoms with Crippen LogP contribution in [0, 0.1) is 17.5 Å². The predicted molar refractivity (Wildman–Crippen MR) is 121 cm³/mol. The van der Waals surface area contributed by atoms with Gasteiger partial charge >= 0.3 is 0 Å². The van der Waals surface area contributed by atoms with Gasteiger partial charge in [-0.3, -0.25) is 4.79 Å². The summed E-state index contributed by atoms with van der Waals surface area (Å²) in [6.45, 7) is 2.65. The third-order valence-corrected chi connectivity index (χ3v) is 3.96. The maximum Gasteiger partial charge on any atom is 0.246 e. The number of amides is 1. The van der Waals surface area contributed by atoms with Gasteiger partial charge in [0.15, 0.2) is 23.4 Å². The van der Waals surface area contributed by atoms with Crippen LogP contribution in [0.15, 0.2) is 41.4 Å². The Morgan fingerprint density at radius 2 is 1.77 bits per heavy atom. The number of hydrogen-bond donors (Lipinski definition) is 2. The number of benzene rings is 2. The van der Waals surface area contributed by atoms with Crippen LogP contribution in [0.2, 0.25) is 0 Å². The summed E-state index contributed by atoms with van der Waals surface area (Å²) in [4.78, 5) is 18.1. The van der Waals surface area contributed by atoms with Crippen molar-refractivity contribution < 1.29 is 22.7 Å². The summed E-state index contributed by atoms with van der Waals surface area (Å²) in [5.74, 6) is -3.87. The summed E-state index contributed by atoms with van der Waals surface area (Å²) >= 11 is 0. The van der Waals surface area contributed by atoms with E-state index >= 15 is 0 Å². The van der Waals surface area contributed by atoms with E-state index in [1.807, 2.05) is 36.1 Å². The van der Waals surface area contributed by atoms with E-state index in [1.165, 1.54) is 0 Å². The molecule has 0 atom stereocenters. The Labute approximate surface area is 190 Å². The van der Waals surface area contributed by atoms with Crippen LogP contribution >= 0.6 is 24.0 Å². The molecule has 30 heavy (non-hydrogen) atoms. The molecule has 0 aromatic heterocycles. The molecular formula is C20H24F3IN4O2. The number of carbonyl (C=O) groups is 1. The number of nitrogens with one attached hydrogen (secondary N) is 2. The minimum atomic E-state index is -1.64. The SMILES string of the molecule is CCNC(=NCC(=O)Nc1ccc(F)c(F)c1F)N(C)Cc1ccc(OC)cc1.I. The van der Waals surface area contributed by atoms with E-state index in [0.29, 0.717) is 19.0 Å². The molecule has 0 fully saturated rings. The van der Waals surface area contributed by atoms with E-state index < -0.39 is 29.0 Å². The molecule has 0 saturated carbocycles. The van der Waals surface area contributed by atoms with Crippen molar-refractivity contribution in [1.82, 2.24) is 10.2 Å². The molecule has 0 saturated heterocycles. The molecule has 0 unspecified atom stereocenters. The average molecular weight is 536 g/mol. The van der Waals surface area contributed by atoms with Gasteiger partial charge in [-0.2, -0.15) is 0 Å². The number of methoxy groups -OCH3 is 1. The van der Waals surface area contributed by atoms with Gasteiger partial charge in [0, 0.05) is 20.1 Å². The first kappa shape index (κ1) is 25.5. The third kappa shape index (κ3) is 7.08. The molecular weight excluding hydrogens is 512 g/mol. The van der Waals surface area contributed by atoms with E-state index in [1.54, 1.807) is 14.2 Å². The van der Waals surface area contributed by atoms with Crippen LogP contribution in [0.1, 0.15) is 12.5 Å². The normalized spacial score (nSPS) is 10.8. The second-order valence-corrected chi connectivity index (χ2v) is 6.15. The molecule has 10 heteroatoms. The summed E-state index contributed by atoms with van der Waals surface area (Å²) < 4.78 is 45.0. The van der Waals surface area contributed by atoms with Gasteiger partial charge in [-0.1, -0.05) is 12.1 Å². The average Bonchev–Trinajstić information content (AvgIpc) is 2.72. The van der Waals surface area contributed by atoms with E-state index in [4.69, 9.17) is 4.74 Å². The van der Waals surface area contributed by atoms with Crippen LogP contribution in [-0.2, 0) is 11.3 Å². The van der Waals surface area contributed by atoms with Gasteiger partial charge in [-0.15, -0.1) is 24.0 Å². The zero-order valence-electron chi connectivity index (χ0n) is 16.8. The van der Waals surface area contributed by atoms with Gasteiger partial charge in [0.05, 0.1) is 12.8 Å². The number of aliphatic imine (C=N–C) groups is 1. The molecule has 0 aliphatic heterocycles. The molecule has 1 amide bonds. The molecule has 2 N–H and O–H groups in total. The molecule has 0 heterocycles. The van der Waals surface area contributed by atoms with E-state index in [2.05, 4.69) is 15.6 Å². The highest BCUT2D eigenvalue weighted by atomic mass is 127. The van der Waals surface area contributed by atoms with Crippen LogP contribution in [-0.4, -0.2) is 44.0 Å². The Bertz CT molecular complexity index is 879. The molecule has 0 aliphatic rings. The molecule has 0 aliphatic carbocycles. The van der Waals surface area contributed by atoms with Crippen molar-refractivity contribution in [3.05, 3.63) is 59.4 Å². The van der Waals surface area contributed by atoms with Gasteiger partial charge in [0.1, 0.15) is 12.3 Å². The summed E-state index contributed by atoms with van der Waals surface area (Å²) in [5, 5.41) is 5.25. The number of anilines is 1. The Kier molecular flexibility index (Phi) is 10.4. The van der Waals surface area contributed by atoms with Gasteiger partial charge in [0.25, 0.3) is 0 Å². The van der Waals surface area contributed by atoms with Crippen LogP contribution in [0.5, 0.6) is 5.75 Å². The highest BCUT2D eigenvalue weighted by molar-refractivity contribution is 14.0. The number of rotatable bonds is 7. The summed E-state index contributed by atoms with van der Waals surface area (Å²) in [6.07, 6.45) is 0. The van der Waals surface area contributed by atoms with Crippen LogP contribution in [0.3, 0.4) is 0 Å². The number of halogens is 4. The first-order valence-electron chi connectivity index (χ1n) is 8.91. The number of carbonyl (C=O) groups excluding carboxylic acids is 1. The fourth-order valence-corrected chi connectivity index (χ4v) is 2.51. The lowest BCUT2D eigenvalue weighted by molar-refractivity contribution is -0.114. The molecule has 6 nitrogen and oxygen atoms in total. The number of ether oxygens (including phenoxy) is 1. The molecule has 2 aromatic rings. The first-order chi connectivity index (χ1) is 13.8. The summed E-state index contributed by atoms with van der Waals surface area (Å²) in [5.41, 5.74) is 0.563. The van der Waals surface area contributed by atoms with Gasteiger partial charge in [0.2, 0.25) is 5.91 Å². The Hall–Kier alpha value is -2.50. The Morgan fingerprint density at radius 1 is 1.10 bits per heavy atom. The fraction of sp³-hybridized carbons (Fsp3) is 0.300. The van der Waals surface area contributed by atoms with Gasteiger partial charge in [-0.25, -0.2) is 18.2 Å². The van der Waals surface area contributed by atoms with Crippen LogP contribution in [0.4, 0.5) is 18.9 Å². The molecule has 0 radical (unpaired) electrons. The lowest BCUT2D eigenvalue weighted by atomic mass is 10.2. The smallest absolute Gasteiger partial charge is 0.246 e. The molecule has 0 spiro atoms. The third-order valence-electron chi connectivity index (χ3n) is 3.96. The largest absolute Gasteiger partial charge is 0.497 e. The Morgan fingerprint density at radius 3 is 2.37 bits per heavy atom. The van der Waals surface area contributed by atoms with Gasteiger partial charge < -0.3 is 20.3 Å². The molecule has 2 aromatic carbocycles. The van der Waals surface area contributed by atoms with Crippen LogP contribution in [0.25, 0.3) is 0 Å². The number of nitrogens with zero attached hydrogens (tertiary/aromatic N) is 2. The van der Waals surface area contributed by atoms with E-state index in [-0.39, 0.29) is 30.5 Å². The summed E-state index contributed by atoms with van der Waals surface area (Å²) in [6, 6.07) is 9.21. The van der Waals surface area contributed by atoms with Crippen molar-refractivity contribution in [3.63, 3.8) is 0 Å². The van der Waals surface area contributed by atoms with Crippen molar-refractivity contribution in [2.45, 2.75) is 13.5 Å². The van der Waals surface area contributed by atoms with Gasteiger partial charge in [-0.05, 0) is 36.8 Å². The molecule has 164 valence electrons. The summed E-state index contributed by atoms with van der Waals surface area (Å²) in [7, 11) is 3.40. The minimum absolute atomic E-state index is 0. The quantitative estimate of drug-likeness (QED) is 0.245. The first-order valence-corrected chi connectivity index (χ1v) is 8.91. The monoisotopic (exact) mass is 536 g/mol. The van der Waals surface area contributed by atoms with Crippen molar-refractivity contribution in [2.75, 3.05) is 32.6 Å². The maximum absolute atomic E-state index is 13.7. The van der Waals surface area contributed by atoms with E-state index in [0.717, 1.165) is 23.4 Å². The predicted octanol–water partition coefficient (Wildman–Crippen LogP) is 3.77. The molecule has 0 bridgehead atoms.